The van der Waals surface area contributed by atoms with Gasteiger partial charge in [-0.1, -0.05) is 12.1 Å². The van der Waals surface area contributed by atoms with E-state index in [2.05, 4.69) is 5.32 Å². The van der Waals surface area contributed by atoms with E-state index in [-0.39, 0.29) is 23.7 Å². The highest BCUT2D eigenvalue weighted by atomic mass is 16.6. The average molecular weight is 308 g/mol. The Balaban J connectivity index is 2.07. The number of hydrogen-bond donors (Lipinski definition) is 3. The Bertz CT molecular complexity index is 565. The molecule has 1 saturated carbocycles. The number of nitro benzene ring substituents is 1. The van der Waals surface area contributed by atoms with Crippen molar-refractivity contribution in [2.75, 3.05) is 5.32 Å². The Morgan fingerprint density at radius 2 is 2.05 bits per heavy atom. The van der Waals surface area contributed by atoms with Gasteiger partial charge in [0.1, 0.15) is 11.8 Å². The molecule has 0 saturated heterocycles. The summed E-state index contributed by atoms with van der Waals surface area (Å²) in [6.07, 6.45) is -1.38. The molecule has 8 heteroatoms. The number of hydrogen-bond acceptors (Lipinski definition) is 6. The molecule has 1 radical (unpaired) electrons. The largest absolute Gasteiger partial charge is 0.390 e. The van der Waals surface area contributed by atoms with Gasteiger partial charge in [0, 0.05) is 12.5 Å². The maximum Gasteiger partial charge on any atom is 0.292 e. The average Bonchev–Trinajstić information content (AvgIpc) is 2.73. The van der Waals surface area contributed by atoms with Crippen molar-refractivity contribution in [3.8, 4) is 0 Å². The highest BCUT2D eigenvalue weighted by Crippen LogP contribution is 2.34. The summed E-state index contributed by atoms with van der Waals surface area (Å²) in [5.41, 5.74) is 7.06. The fraction of sp³-hybridized carbons (Fsp3) is 0.500. The smallest absolute Gasteiger partial charge is 0.292 e. The van der Waals surface area contributed by atoms with Gasteiger partial charge in [0.25, 0.3) is 5.69 Å². The highest BCUT2D eigenvalue weighted by molar-refractivity contribution is 5.72. The first-order valence-corrected chi connectivity index (χ1v) is 7.00. The Kier molecular flexibility index (Phi) is 4.94. The number of anilines is 1. The summed E-state index contributed by atoms with van der Waals surface area (Å²) in [5.74, 6) is -1.03. The van der Waals surface area contributed by atoms with Crippen LogP contribution in [0.15, 0.2) is 24.3 Å². The molecule has 4 N–H and O–H groups in total. The van der Waals surface area contributed by atoms with Crippen LogP contribution >= 0.6 is 0 Å². The lowest BCUT2D eigenvalue weighted by Gasteiger charge is -2.19. The van der Waals surface area contributed by atoms with Crippen molar-refractivity contribution < 1.29 is 19.9 Å². The van der Waals surface area contributed by atoms with E-state index in [9.17, 15) is 25.1 Å². The fourth-order valence-corrected chi connectivity index (χ4v) is 2.83. The molecule has 1 amide bonds. The van der Waals surface area contributed by atoms with Crippen molar-refractivity contribution in [3.63, 3.8) is 0 Å². The lowest BCUT2D eigenvalue weighted by Crippen LogP contribution is -2.35. The number of para-hydroxylation sites is 2. The van der Waals surface area contributed by atoms with E-state index in [0.29, 0.717) is 12.8 Å². The molecular formula is C14H18N3O5. The van der Waals surface area contributed by atoms with E-state index in [1.165, 1.54) is 12.1 Å². The molecule has 4 atom stereocenters. The van der Waals surface area contributed by atoms with Gasteiger partial charge in [0.05, 0.1) is 17.1 Å². The predicted molar refractivity (Wildman–Crippen MR) is 78.0 cm³/mol. The summed E-state index contributed by atoms with van der Waals surface area (Å²) in [4.78, 5) is 21.2. The molecule has 0 aromatic heterocycles. The first-order valence-electron chi connectivity index (χ1n) is 7.00. The number of aliphatic hydroxyl groups excluding tert-OH is 2. The highest BCUT2D eigenvalue weighted by Gasteiger charge is 2.41. The van der Waals surface area contributed by atoms with E-state index in [1.807, 2.05) is 0 Å². The quantitative estimate of drug-likeness (QED) is 0.523. The van der Waals surface area contributed by atoms with Crippen LogP contribution in [0, 0.1) is 16.0 Å². The van der Waals surface area contributed by atoms with Crippen LogP contribution in [0.5, 0.6) is 0 Å². The van der Waals surface area contributed by atoms with E-state index < -0.39 is 29.1 Å². The normalized spacial score (nSPS) is 27.5. The first kappa shape index (κ1) is 16.2. The van der Waals surface area contributed by atoms with E-state index in [0.717, 1.165) is 0 Å². The molecule has 1 aliphatic rings. The molecule has 22 heavy (non-hydrogen) atoms. The zero-order valence-corrected chi connectivity index (χ0v) is 11.8. The Morgan fingerprint density at radius 3 is 2.68 bits per heavy atom. The van der Waals surface area contributed by atoms with Gasteiger partial charge in [-0.2, -0.15) is 0 Å². The topological polar surface area (TPSA) is 136 Å². The van der Waals surface area contributed by atoms with Crippen molar-refractivity contribution in [3.05, 3.63) is 34.4 Å². The molecule has 119 valence electrons. The lowest BCUT2D eigenvalue weighted by atomic mass is 9.99. The minimum Gasteiger partial charge on any atom is -0.390 e. The van der Waals surface area contributed by atoms with Crippen molar-refractivity contribution >= 4 is 17.3 Å². The molecule has 0 bridgehead atoms. The SMILES string of the molecule is [NH]C(=O)CCC1CC(Nc2ccccc2[N+](=O)[O-])C(O)C1O. The number of rotatable bonds is 6. The van der Waals surface area contributed by atoms with Crippen LogP contribution < -0.4 is 11.1 Å². The van der Waals surface area contributed by atoms with Gasteiger partial charge in [-0.3, -0.25) is 20.6 Å². The third-order valence-corrected chi connectivity index (χ3v) is 3.99. The molecule has 1 aromatic rings. The third kappa shape index (κ3) is 3.52. The van der Waals surface area contributed by atoms with E-state index >= 15 is 0 Å². The van der Waals surface area contributed by atoms with Crippen LogP contribution in [-0.4, -0.2) is 39.3 Å². The second-order valence-corrected chi connectivity index (χ2v) is 5.46. The molecule has 8 nitrogen and oxygen atoms in total. The van der Waals surface area contributed by atoms with Gasteiger partial charge in [0.2, 0.25) is 5.91 Å². The van der Waals surface area contributed by atoms with Gasteiger partial charge in [-0.15, -0.1) is 0 Å². The van der Waals surface area contributed by atoms with Gasteiger partial charge >= 0.3 is 0 Å². The maximum atomic E-state index is 11.0. The number of amides is 1. The van der Waals surface area contributed by atoms with Crippen molar-refractivity contribution in [1.82, 2.24) is 5.73 Å². The van der Waals surface area contributed by atoms with Crippen molar-refractivity contribution in [2.45, 2.75) is 37.5 Å². The number of aliphatic hydroxyl groups is 2. The Hall–Kier alpha value is -2.19. The molecule has 1 fully saturated rings. The molecule has 0 spiro atoms. The molecule has 2 rings (SSSR count). The van der Waals surface area contributed by atoms with Crippen LogP contribution in [-0.2, 0) is 4.79 Å². The predicted octanol–water partition coefficient (Wildman–Crippen LogP) is 0.707. The number of benzene rings is 1. The first-order chi connectivity index (χ1) is 10.4. The van der Waals surface area contributed by atoms with Gasteiger partial charge in [-0.25, -0.2) is 0 Å². The number of nitrogens with zero attached hydrogens (tertiary/aromatic N) is 1. The van der Waals surface area contributed by atoms with Gasteiger partial charge < -0.3 is 15.5 Å². The molecule has 4 unspecified atom stereocenters. The summed E-state index contributed by atoms with van der Waals surface area (Å²) in [6, 6.07) is 5.55. The van der Waals surface area contributed by atoms with Crippen LogP contribution in [0.4, 0.5) is 11.4 Å². The van der Waals surface area contributed by atoms with E-state index in [4.69, 9.17) is 5.73 Å². The van der Waals surface area contributed by atoms with Crippen LogP contribution in [0.3, 0.4) is 0 Å². The minimum atomic E-state index is -1.08. The fourth-order valence-electron chi connectivity index (χ4n) is 2.83. The summed E-state index contributed by atoms with van der Waals surface area (Å²) in [5, 5.41) is 34.0. The zero-order chi connectivity index (χ0) is 16.3. The second kappa shape index (κ2) is 6.71. The summed E-state index contributed by atoms with van der Waals surface area (Å²) in [7, 11) is 0. The molecule has 1 aromatic carbocycles. The lowest BCUT2D eigenvalue weighted by molar-refractivity contribution is -0.384. The van der Waals surface area contributed by atoms with Gasteiger partial charge in [-0.05, 0) is 24.8 Å². The molecule has 1 aliphatic carbocycles. The molecule has 0 heterocycles. The standard InChI is InChI=1S/C14H18N3O5/c15-12(18)6-5-8-7-10(14(20)13(8)19)16-9-3-1-2-4-11(9)17(21)22/h1-4,8,10,13-16,19-20H,5-7H2. The monoisotopic (exact) mass is 308 g/mol. The zero-order valence-electron chi connectivity index (χ0n) is 11.8. The third-order valence-electron chi connectivity index (χ3n) is 3.99. The van der Waals surface area contributed by atoms with Gasteiger partial charge in [0.15, 0.2) is 0 Å². The maximum absolute atomic E-state index is 11.0. The van der Waals surface area contributed by atoms with Crippen molar-refractivity contribution in [2.24, 2.45) is 5.92 Å². The molecule has 0 aliphatic heterocycles. The summed E-state index contributed by atoms with van der Waals surface area (Å²) >= 11 is 0. The number of carbonyl (C=O) groups excluding carboxylic acids is 1. The number of nitro groups is 1. The van der Waals surface area contributed by atoms with Crippen molar-refractivity contribution in [1.29, 1.82) is 0 Å². The second-order valence-electron chi connectivity index (χ2n) is 5.46. The number of nitrogens with one attached hydrogen (secondary N) is 2. The Labute approximate surface area is 127 Å². The summed E-state index contributed by atoms with van der Waals surface area (Å²) in [6.45, 7) is 0. The minimum absolute atomic E-state index is 0.0205. The summed E-state index contributed by atoms with van der Waals surface area (Å²) < 4.78 is 0. The van der Waals surface area contributed by atoms with Crippen LogP contribution in [0.25, 0.3) is 0 Å². The van der Waals surface area contributed by atoms with E-state index in [1.54, 1.807) is 12.1 Å². The Morgan fingerprint density at radius 1 is 1.36 bits per heavy atom. The van der Waals surface area contributed by atoms with Crippen LogP contribution in [0.2, 0.25) is 0 Å². The van der Waals surface area contributed by atoms with Crippen LogP contribution in [0.1, 0.15) is 19.3 Å². The number of carbonyl (C=O) groups is 1. The molecular weight excluding hydrogens is 290 g/mol.